The Morgan fingerprint density at radius 1 is 1.24 bits per heavy atom. The first kappa shape index (κ1) is 17.0. The molecule has 10 heteroatoms. The van der Waals surface area contributed by atoms with Gasteiger partial charge in [0.1, 0.15) is 5.76 Å². The van der Waals surface area contributed by atoms with Crippen LogP contribution >= 0.6 is 0 Å². The summed E-state index contributed by atoms with van der Waals surface area (Å²) in [7, 11) is -3.21. The molecule has 1 heterocycles. The highest BCUT2D eigenvalue weighted by molar-refractivity contribution is 7.88. The second-order valence-corrected chi connectivity index (χ2v) is 6.03. The summed E-state index contributed by atoms with van der Waals surface area (Å²) < 4.78 is 28.8. The van der Waals surface area contributed by atoms with E-state index in [1.54, 1.807) is 0 Å². The van der Waals surface area contributed by atoms with Crippen molar-refractivity contribution >= 4 is 22.0 Å². The molecule has 0 fully saturated rings. The molecule has 0 unspecified atom stereocenters. The summed E-state index contributed by atoms with van der Waals surface area (Å²) in [6.45, 7) is 0.590. The maximum Gasteiger partial charge on any atom is 0.371 e. The molecule has 0 radical (unpaired) electrons. The van der Waals surface area contributed by atoms with Crippen LogP contribution in [0, 0.1) is 0 Å². The van der Waals surface area contributed by atoms with Gasteiger partial charge in [0.2, 0.25) is 15.8 Å². The van der Waals surface area contributed by atoms with Crippen LogP contribution in [0.5, 0.6) is 0 Å². The smallest absolute Gasteiger partial charge is 0.371 e. The summed E-state index contributed by atoms with van der Waals surface area (Å²) in [4.78, 5) is 22.0. The fourth-order valence-corrected chi connectivity index (χ4v) is 1.88. The van der Waals surface area contributed by atoms with E-state index in [0.29, 0.717) is 18.7 Å². The Hall–Kier alpha value is -2.07. The van der Waals surface area contributed by atoms with Crippen molar-refractivity contribution in [3.8, 4) is 0 Å². The van der Waals surface area contributed by atoms with Crippen LogP contribution in [0.4, 0.5) is 4.79 Å². The Morgan fingerprint density at radius 2 is 1.95 bits per heavy atom. The largest absolute Gasteiger partial charge is 0.475 e. The zero-order chi connectivity index (χ0) is 15.9. The number of nitrogens with one attached hydrogen (secondary N) is 3. The fourth-order valence-electron chi connectivity index (χ4n) is 1.37. The monoisotopic (exact) mass is 319 g/mol. The number of carbonyl (C=O) groups is 2. The maximum atomic E-state index is 11.4. The third-order valence-electron chi connectivity index (χ3n) is 2.30. The number of rotatable bonds is 8. The fraction of sp³-hybridized carbons (Fsp3) is 0.455. The van der Waals surface area contributed by atoms with Gasteiger partial charge in [0, 0.05) is 13.1 Å². The van der Waals surface area contributed by atoms with Crippen molar-refractivity contribution in [2.24, 2.45) is 0 Å². The highest BCUT2D eigenvalue weighted by atomic mass is 32.2. The molecule has 0 aliphatic rings. The average molecular weight is 319 g/mol. The highest BCUT2D eigenvalue weighted by Crippen LogP contribution is 2.07. The lowest BCUT2D eigenvalue weighted by Crippen LogP contribution is -2.36. The van der Waals surface area contributed by atoms with Crippen molar-refractivity contribution < 1.29 is 27.5 Å². The lowest BCUT2D eigenvalue weighted by atomic mass is 10.4. The van der Waals surface area contributed by atoms with Crippen molar-refractivity contribution in [1.29, 1.82) is 0 Å². The molecule has 0 saturated heterocycles. The molecular formula is C11H17N3O6S. The van der Waals surface area contributed by atoms with Crippen LogP contribution in [0.2, 0.25) is 0 Å². The summed E-state index contributed by atoms with van der Waals surface area (Å²) in [5.74, 6) is -1.05. The number of carboxylic acid groups (broad SMARTS) is 1. The summed E-state index contributed by atoms with van der Waals surface area (Å²) in [6.07, 6.45) is 1.51. The summed E-state index contributed by atoms with van der Waals surface area (Å²) in [5.41, 5.74) is 0. The number of hydrogen-bond acceptors (Lipinski definition) is 5. The van der Waals surface area contributed by atoms with Crippen LogP contribution < -0.4 is 15.4 Å². The Morgan fingerprint density at radius 3 is 2.52 bits per heavy atom. The van der Waals surface area contributed by atoms with Gasteiger partial charge in [-0.25, -0.2) is 22.7 Å². The van der Waals surface area contributed by atoms with Crippen LogP contribution in [0.15, 0.2) is 16.5 Å². The van der Waals surface area contributed by atoms with Gasteiger partial charge in [-0.3, -0.25) is 0 Å². The van der Waals surface area contributed by atoms with Gasteiger partial charge in [0.05, 0.1) is 12.8 Å². The maximum absolute atomic E-state index is 11.4. The van der Waals surface area contributed by atoms with Gasteiger partial charge in [-0.1, -0.05) is 0 Å². The number of urea groups is 1. The molecule has 21 heavy (non-hydrogen) atoms. The molecular weight excluding hydrogens is 302 g/mol. The van der Waals surface area contributed by atoms with Crippen LogP contribution in [0.1, 0.15) is 22.7 Å². The van der Waals surface area contributed by atoms with Crippen molar-refractivity contribution in [1.82, 2.24) is 15.4 Å². The van der Waals surface area contributed by atoms with E-state index in [0.717, 1.165) is 6.26 Å². The molecule has 0 aliphatic heterocycles. The van der Waals surface area contributed by atoms with Gasteiger partial charge >= 0.3 is 12.0 Å². The highest BCUT2D eigenvalue weighted by Gasteiger charge is 2.09. The van der Waals surface area contributed by atoms with Gasteiger partial charge < -0.3 is 20.2 Å². The number of aromatic carboxylic acids is 1. The number of hydrogen-bond donors (Lipinski definition) is 4. The van der Waals surface area contributed by atoms with Crippen molar-refractivity contribution in [2.45, 2.75) is 13.0 Å². The van der Waals surface area contributed by atoms with E-state index in [2.05, 4.69) is 15.4 Å². The van der Waals surface area contributed by atoms with Gasteiger partial charge in [-0.05, 0) is 18.6 Å². The summed E-state index contributed by atoms with van der Waals surface area (Å²) in [6, 6.07) is 2.30. The van der Waals surface area contributed by atoms with Gasteiger partial charge in [0.25, 0.3) is 0 Å². The number of carboxylic acids is 1. The van der Waals surface area contributed by atoms with E-state index in [4.69, 9.17) is 9.52 Å². The predicted octanol–water partition coefficient (Wildman–Crippen LogP) is -0.284. The zero-order valence-electron chi connectivity index (χ0n) is 11.4. The molecule has 0 aliphatic carbocycles. The van der Waals surface area contributed by atoms with Crippen molar-refractivity contribution in [3.63, 3.8) is 0 Å². The van der Waals surface area contributed by atoms with Crippen LogP contribution in [0.3, 0.4) is 0 Å². The Labute approximate surface area is 121 Å². The number of carbonyl (C=O) groups excluding carboxylic acids is 1. The van der Waals surface area contributed by atoms with Gasteiger partial charge in [-0.15, -0.1) is 0 Å². The quantitative estimate of drug-likeness (QED) is 0.486. The van der Waals surface area contributed by atoms with E-state index in [-0.39, 0.29) is 18.8 Å². The molecule has 118 valence electrons. The molecule has 1 aromatic rings. The Bertz CT molecular complexity index is 595. The second kappa shape index (κ2) is 7.64. The van der Waals surface area contributed by atoms with Crippen molar-refractivity contribution in [2.75, 3.05) is 19.3 Å². The number of furan rings is 1. The lowest BCUT2D eigenvalue weighted by Gasteiger charge is -2.06. The SMILES string of the molecule is CS(=O)(=O)NCCCNC(=O)NCc1ccc(C(=O)O)o1. The second-order valence-electron chi connectivity index (χ2n) is 4.20. The minimum absolute atomic E-state index is 0.0563. The lowest BCUT2D eigenvalue weighted by molar-refractivity contribution is 0.0660. The molecule has 1 aromatic heterocycles. The molecule has 4 N–H and O–H groups in total. The Kier molecular flexibility index (Phi) is 6.18. The van der Waals surface area contributed by atoms with E-state index in [1.165, 1.54) is 12.1 Å². The number of amides is 2. The molecule has 9 nitrogen and oxygen atoms in total. The number of sulfonamides is 1. The molecule has 0 aromatic carbocycles. The van der Waals surface area contributed by atoms with E-state index in [1.807, 2.05) is 0 Å². The molecule has 0 bridgehead atoms. The predicted molar refractivity (Wildman–Crippen MR) is 73.4 cm³/mol. The minimum atomic E-state index is -3.21. The molecule has 0 atom stereocenters. The van der Waals surface area contributed by atoms with Gasteiger partial charge in [0.15, 0.2) is 0 Å². The third-order valence-corrected chi connectivity index (χ3v) is 3.03. The van der Waals surface area contributed by atoms with E-state index < -0.39 is 22.0 Å². The van der Waals surface area contributed by atoms with Crippen molar-refractivity contribution in [3.05, 3.63) is 23.7 Å². The van der Waals surface area contributed by atoms with Crippen LogP contribution in [-0.2, 0) is 16.6 Å². The standard InChI is InChI=1S/C11H17N3O6S/c1-21(18,19)14-6-2-5-12-11(17)13-7-8-3-4-9(20-8)10(15)16/h3-4,14H,2,5-7H2,1H3,(H,15,16)(H2,12,13,17). The van der Waals surface area contributed by atoms with Crippen LogP contribution in [0.25, 0.3) is 0 Å². The topological polar surface area (TPSA) is 138 Å². The first-order valence-electron chi connectivity index (χ1n) is 6.06. The summed E-state index contributed by atoms with van der Waals surface area (Å²) in [5, 5.41) is 13.7. The molecule has 2 amide bonds. The zero-order valence-corrected chi connectivity index (χ0v) is 12.2. The molecule has 0 saturated carbocycles. The molecule has 1 rings (SSSR count). The Balaban J connectivity index is 2.17. The van der Waals surface area contributed by atoms with E-state index in [9.17, 15) is 18.0 Å². The normalized spacial score (nSPS) is 11.1. The first-order valence-corrected chi connectivity index (χ1v) is 7.95. The summed E-state index contributed by atoms with van der Waals surface area (Å²) >= 11 is 0. The first-order chi connectivity index (χ1) is 9.78. The average Bonchev–Trinajstić information content (AvgIpc) is 2.83. The third kappa shape index (κ3) is 7.32. The molecule has 0 spiro atoms. The minimum Gasteiger partial charge on any atom is -0.475 e. The van der Waals surface area contributed by atoms with Crippen LogP contribution in [-0.4, -0.2) is 44.9 Å². The van der Waals surface area contributed by atoms with E-state index >= 15 is 0 Å². The van der Waals surface area contributed by atoms with Gasteiger partial charge in [-0.2, -0.15) is 0 Å².